The Labute approximate surface area is 190 Å². The van der Waals surface area contributed by atoms with Gasteiger partial charge in [0.15, 0.2) is 0 Å². The van der Waals surface area contributed by atoms with Crippen molar-refractivity contribution in [3.63, 3.8) is 0 Å². The molecule has 2 aliphatic heterocycles. The summed E-state index contributed by atoms with van der Waals surface area (Å²) in [4.78, 5) is 20.3. The second-order valence-electron chi connectivity index (χ2n) is 8.83. The average Bonchev–Trinajstić information content (AvgIpc) is 3.13. The molecule has 1 amide bonds. The second kappa shape index (κ2) is 8.87. The summed E-state index contributed by atoms with van der Waals surface area (Å²) in [6, 6.07) is 16.7. The van der Waals surface area contributed by atoms with Crippen LogP contribution in [0.15, 0.2) is 48.5 Å². The number of aryl methyl sites for hydroxylation is 1. The Kier molecular flexibility index (Phi) is 5.79. The van der Waals surface area contributed by atoms with Crippen LogP contribution in [-0.4, -0.2) is 73.2 Å². The number of methoxy groups -OCH3 is 1. The molecule has 0 unspecified atom stereocenters. The summed E-state index contributed by atoms with van der Waals surface area (Å²) in [6.07, 6.45) is 1.92. The molecule has 0 bridgehead atoms. The van der Waals surface area contributed by atoms with Gasteiger partial charge in [-0.1, -0.05) is 18.2 Å². The van der Waals surface area contributed by atoms with Gasteiger partial charge in [0.05, 0.1) is 7.11 Å². The van der Waals surface area contributed by atoms with Gasteiger partial charge in [-0.15, -0.1) is 0 Å². The molecule has 0 saturated carbocycles. The van der Waals surface area contributed by atoms with Crippen molar-refractivity contribution in [1.29, 1.82) is 0 Å². The van der Waals surface area contributed by atoms with Crippen LogP contribution in [0, 0.1) is 0 Å². The van der Waals surface area contributed by atoms with Crippen molar-refractivity contribution in [2.45, 2.75) is 12.8 Å². The third-order valence-corrected chi connectivity index (χ3v) is 7.03. The summed E-state index contributed by atoms with van der Waals surface area (Å²) in [5.74, 6) is 1.01. The van der Waals surface area contributed by atoms with Gasteiger partial charge in [-0.25, -0.2) is 0 Å². The fourth-order valence-electron chi connectivity index (χ4n) is 5.22. The molecule has 6 nitrogen and oxygen atoms in total. The van der Waals surface area contributed by atoms with Crippen molar-refractivity contribution in [3.05, 3.63) is 59.8 Å². The normalized spacial score (nSPS) is 17.1. The van der Waals surface area contributed by atoms with E-state index in [4.69, 9.17) is 4.74 Å². The van der Waals surface area contributed by atoms with E-state index in [1.807, 2.05) is 18.0 Å². The topological polar surface area (TPSA) is 41.0 Å². The van der Waals surface area contributed by atoms with Crippen molar-refractivity contribution in [2.24, 2.45) is 7.05 Å². The number of aromatic nitrogens is 1. The van der Waals surface area contributed by atoms with Gasteiger partial charge in [-0.3, -0.25) is 9.69 Å². The first-order chi connectivity index (χ1) is 15.7. The van der Waals surface area contributed by atoms with Crippen molar-refractivity contribution in [1.82, 2.24) is 14.4 Å². The van der Waals surface area contributed by atoms with Gasteiger partial charge in [0.2, 0.25) is 0 Å². The lowest BCUT2D eigenvalue weighted by Gasteiger charge is -2.36. The molecule has 5 rings (SSSR count). The van der Waals surface area contributed by atoms with Crippen LogP contribution in [0.4, 0.5) is 5.69 Å². The van der Waals surface area contributed by atoms with Crippen LogP contribution in [-0.2, 0) is 13.5 Å². The molecule has 3 heterocycles. The molecule has 0 N–H and O–H groups in total. The van der Waals surface area contributed by atoms with E-state index >= 15 is 0 Å². The maximum atomic E-state index is 13.3. The maximum Gasteiger partial charge on any atom is 0.270 e. The molecular weight excluding hydrogens is 400 g/mol. The molecule has 6 heteroatoms. The summed E-state index contributed by atoms with van der Waals surface area (Å²) in [5, 5.41) is 1.14. The summed E-state index contributed by atoms with van der Waals surface area (Å²) < 4.78 is 7.46. The number of fused-ring (bicyclic) bond motifs is 3. The van der Waals surface area contributed by atoms with Gasteiger partial charge in [0.1, 0.15) is 11.4 Å². The Balaban J connectivity index is 1.17. The number of amides is 1. The van der Waals surface area contributed by atoms with E-state index in [1.165, 1.54) is 11.3 Å². The van der Waals surface area contributed by atoms with E-state index in [9.17, 15) is 4.79 Å². The molecule has 1 aromatic heterocycles. The zero-order valence-corrected chi connectivity index (χ0v) is 19.1. The van der Waals surface area contributed by atoms with Crippen molar-refractivity contribution in [2.75, 3.05) is 57.8 Å². The average molecular weight is 433 g/mol. The minimum absolute atomic E-state index is 0.165. The van der Waals surface area contributed by atoms with E-state index in [1.54, 1.807) is 7.11 Å². The smallest absolute Gasteiger partial charge is 0.270 e. The standard InChI is InChI=1S/C26H32N4O2/c1-27-24-10-9-21(32-2)19-23(24)22-11-14-30(26(31)25(22)27)13-6-12-28-15-17-29(18-16-28)20-7-4-3-5-8-20/h3-5,7-10,19H,6,11-18H2,1-2H3. The van der Waals surface area contributed by atoms with Gasteiger partial charge in [-0.2, -0.15) is 0 Å². The summed E-state index contributed by atoms with van der Waals surface area (Å²) in [7, 11) is 3.69. The van der Waals surface area contributed by atoms with Gasteiger partial charge in [-0.05, 0) is 55.3 Å². The monoisotopic (exact) mass is 432 g/mol. The number of hydrogen-bond donors (Lipinski definition) is 0. The Bertz CT molecular complexity index is 1100. The van der Waals surface area contributed by atoms with Crippen LogP contribution >= 0.6 is 0 Å². The predicted molar refractivity (Wildman–Crippen MR) is 129 cm³/mol. The Hall–Kier alpha value is -2.99. The van der Waals surface area contributed by atoms with E-state index in [2.05, 4.69) is 56.8 Å². The molecule has 2 aromatic carbocycles. The molecule has 3 aromatic rings. The van der Waals surface area contributed by atoms with Crippen LogP contribution in [0.3, 0.4) is 0 Å². The highest BCUT2D eigenvalue weighted by Crippen LogP contribution is 2.32. The zero-order valence-electron chi connectivity index (χ0n) is 19.1. The van der Waals surface area contributed by atoms with Gasteiger partial charge < -0.3 is 19.1 Å². The fourth-order valence-corrected chi connectivity index (χ4v) is 5.22. The molecule has 32 heavy (non-hydrogen) atoms. The molecule has 0 radical (unpaired) electrons. The highest BCUT2D eigenvalue weighted by Gasteiger charge is 2.30. The fraction of sp³-hybridized carbons (Fsp3) is 0.423. The number of carbonyl (C=O) groups excluding carboxylic acids is 1. The van der Waals surface area contributed by atoms with E-state index in [0.717, 1.165) is 81.0 Å². The minimum Gasteiger partial charge on any atom is -0.497 e. The quantitative estimate of drug-likeness (QED) is 0.599. The number of hydrogen-bond acceptors (Lipinski definition) is 4. The first-order valence-corrected chi connectivity index (χ1v) is 11.6. The van der Waals surface area contributed by atoms with Crippen molar-refractivity contribution >= 4 is 22.5 Å². The maximum absolute atomic E-state index is 13.3. The second-order valence-corrected chi connectivity index (χ2v) is 8.83. The van der Waals surface area contributed by atoms with Gasteiger partial charge in [0.25, 0.3) is 5.91 Å². The van der Waals surface area contributed by atoms with Gasteiger partial charge >= 0.3 is 0 Å². The number of carbonyl (C=O) groups is 1. The Morgan fingerprint density at radius 3 is 2.47 bits per heavy atom. The molecule has 1 fully saturated rings. The molecule has 2 aliphatic rings. The summed E-state index contributed by atoms with van der Waals surface area (Å²) >= 11 is 0. The van der Waals surface area contributed by atoms with E-state index in [-0.39, 0.29) is 5.91 Å². The van der Waals surface area contributed by atoms with Crippen LogP contribution in [0.1, 0.15) is 22.5 Å². The van der Waals surface area contributed by atoms with Crippen LogP contribution in [0.25, 0.3) is 10.9 Å². The molecular formula is C26H32N4O2. The molecule has 1 saturated heterocycles. The van der Waals surface area contributed by atoms with E-state index in [0.29, 0.717) is 0 Å². The first-order valence-electron chi connectivity index (χ1n) is 11.6. The van der Waals surface area contributed by atoms with Crippen molar-refractivity contribution < 1.29 is 9.53 Å². The minimum atomic E-state index is 0.165. The number of ether oxygens (including phenoxy) is 1. The number of para-hydroxylation sites is 1. The molecule has 0 aliphatic carbocycles. The number of anilines is 1. The highest BCUT2D eigenvalue weighted by molar-refractivity contribution is 6.03. The van der Waals surface area contributed by atoms with Gasteiger partial charge in [0, 0.05) is 62.9 Å². The summed E-state index contributed by atoms with van der Waals surface area (Å²) in [6.45, 7) is 6.96. The van der Waals surface area contributed by atoms with Crippen LogP contribution in [0.5, 0.6) is 5.75 Å². The number of piperazine rings is 1. The zero-order chi connectivity index (χ0) is 22.1. The first kappa shape index (κ1) is 20.9. The number of benzene rings is 2. The highest BCUT2D eigenvalue weighted by atomic mass is 16.5. The van der Waals surface area contributed by atoms with Crippen LogP contribution in [0.2, 0.25) is 0 Å². The molecule has 0 spiro atoms. The predicted octanol–water partition coefficient (Wildman–Crippen LogP) is 3.40. The lowest BCUT2D eigenvalue weighted by atomic mass is 10.0. The molecule has 0 atom stereocenters. The van der Waals surface area contributed by atoms with Crippen LogP contribution < -0.4 is 9.64 Å². The SMILES string of the molecule is COc1ccc2c(c1)c1c(n2C)C(=O)N(CCCN2CCN(c3ccccc3)CC2)CC1. The largest absolute Gasteiger partial charge is 0.497 e. The number of nitrogens with zero attached hydrogens (tertiary/aromatic N) is 4. The van der Waals surface area contributed by atoms with E-state index < -0.39 is 0 Å². The Morgan fingerprint density at radius 1 is 0.938 bits per heavy atom. The lowest BCUT2D eigenvalue weighted by Crippen LogP contribution is -2.47. The lowest BCUT2D eigenvalue weighted by molar-refractivity contribution is 0.0721. The Morgan fingerprint density at radius 2 is 1.72 bits per heavy atom. The van der Waals surface area contributed by atoms with Crippen molar-refractivity contribution in [3.8, 4) is 5.75 Å². The number of rotatable bonds is 6. The molecule has 168 valence electrons. The third kappa shape index (κ3) is 3.84. The third-order valence-electron chi connectivity index (χ3n) is 7.03. The summed E-state index contributed by atoms with van der Waals surface area (Å²) in [5.41, 5.74) is 4.42.